The Hall–Kier alpha value is -2.16. The number of aromatic nitrogens is 3. The van der Waals surface area contributed by atoms with Crippen molar-refractivity contribution in [1.82, 2.24) is 25.2 Å². The molecule has 3 N–H and O–H groups in total. The standard InChI is InChI=1S/C11H19N5O4/c1-11(2,7-17)15(3)10(20)12-4-5-16-6-8(9(18)19)13-14-16/h6,17H,4-5,7H2,1-3H3,(H,12,20)(H,18,19). The first kappa shape index (κ1) is 15.9. The van der Waals surface area contributed by atoms with Gasteiger partial charge in [-0.05, 0) is 13.8 Å². The summed E-state index contributed by atoms with van der Waals surface area (Å²) in [4.78, 5) is 23.8. The van der Waals surface area contributed by atoms with Gasteiger partial charge in [0.05, 0.1) is 24.9 Å². The highest BCUT2D eigenvalue weighted by atomic mass is 16.4. The molecule has 1 rings (SSSR count). The summed E-state index contributed by atoms with van der Waals surface area (Å²) in [5.41, 5.74) is -0.803. The molecule has 1 heterocycles. The first-order chi connectivity index (χ1) is 9.27. The van der Waals surface area contributed by atoms with Crippen molar-refractivity contribution in [3.05, 3.63) is 11.9 Å². The molecular formula is C11H19N5O4. The van der Waals surface area contributed by atoms with Gasteiger partial charge in [-0.25, -0.2) is 14.3 Å². The van der Waals surface area contributed by atoms with E-state index in [2.05, 4.69) is 15.6 Å². The maximum absolute atomic E-state index is 11.8. The maximum Gasteiger partial charge on any atom is 0.358 e. The van der Waals surface area contributed by atoms with Crippen molar-refractivity contribution in [2.45, 2.75) is 25.9 Å². The Morgan fingerprint density at radius 1 is 1.50 bits per heavy atom. The quantitative estimate of drug-likeness (QED) is 0.641. The molecule has 0 aliphatic rings. The second-order valence-electron chi connectivity index (χ2n) is 4.93. The number of likely N-dealkylation sites (N-methyl/N-ethyl adjacent to an activating group) is 1. The zero-order valence-corrected chi connectivity index (χ0v) is 11.7. The highest BCUT2D eigenvalue weighted by molar-refractivity contribution is 5.84. The van der Waals surface area contributed by atoms with Crippen molar-refractivity contribution in [3.8, 4) is 0 Å². The number of amides is 2. The summed E-state index contributed by atoms with van der Waals surface area (Å²) < 4.78 is 1.33. The van der Waals surface area contributed by atoms with Gasteiger partial charge < -0.3 is 20.4 Å². The Morgan fingerprint density at radius 2 is 2.15 bits per heavy atom. The molecule has 0 spiro atoms. The molecule has 2 amide bonds. The van der Waals surface area contributed by atoms with Crippen LogP contribution in [0.25, 0.3) is 0 Å². The number of carboxylic acid groups (broad SMARTS) is 1. The summed E-state index contributed by atoms with van der Waals surface area (Å²) in [5.74, 6) is -1.15. The second-order valence-corrected chi connectivity index (χ2v) is 4.93. The van der Waals surface area contributed by atoms with Gasteiger partial charge >= 0.3 is 12.0 Å². The van der Waals surface area contributed by atoms with E-state index < -0.39 is 11.5 Å². The van der Waals surface area contributed by atoms with Gasteiger partial charge in [-0.15, -0.1) is 5.10 Å². The summed E-state index contributed by atoms with van der Waals surface area (Å²) in [6, 6.07) is -0.331. The third-order valence-electron chi connectivity index (χ3n) is 2.97. The summed E-state index contributed by atoms with van der Waals surface area (Å²) in [5, 5.41) is 27.6. The minimum Gasteiger partial charge on any atom is -0.476 e. The van der Waals surface area contributed by atoms with Gasteiger partial charge in [0.1, 0.15) is 0 Å². The molecule has 0 aliphatic heterocycles. The minimum absolute atomic E-state index is 0.144. The molecule has 1 aromatic rings. The number of aliphatic hydroxyl groups is 1. The maximum atomic E-state index is 11.8. The van der Waals surface area contributed by atoms with Crippen molar-refractivity contribution in [2.24, 2.45) is 0 Å². The number of nitrogens with one attached hydrogen (secondary N) is 1. The Bertz CT molecular complexity index is 485. The Morgan fingerprint density at radius 3 is 2.65 bits per heavy atom. The molecule has 0 fully saturated rings. The summed E-state index contributed by atoms with van der Waals surface area (Å²) in [6.45, 7) is 3.90. The van der Waals surface area contributed by atoms with Crippen LogP contribution in [0.4, 0.5) is 4.79 Å². The van der Waals surface area contributed by atoms with Crippen LogP contribution in [0.5, 0.6) is 0 Å². The Labute approximate surface area is 116 Å². The van der Waals surface area contributed by atoms with Crippen molar-refractivity contribution >= 4 is 12.0 Å². The predicted molar refractivity (Wildman–Crippen MR) is 69.3 cm³/mol. The lowest BCUT2D eigenvalue weighted by atomic mass is 10.1. The van der Waals surface area contributed by atoms with E-state index in [1.54, 1.807) is 20.9 Å². The third-order valence-corrected chi connectivity index (χ3v) is 2.97. The first-order valence-electron chi connectivity index (χ1n) is 6.04. The molecule has 0 aliphatic carbocycles. The summed E-state index contributed by atoms with van der Waals surface area (Å²) in [6.07, 6.45) is 1.29. The Kier molecular flexibility index (Phi) is 5.03. The molecule has 9 heteroatoms. The van der Waals surface area contributed by atoms with Gasteiger partial charge in [-0.1, -0.05) is 5.21 Å². The number of hydrogen-bond donors (Lipinski definition) is 3. The second kappa shape index (κ2) is 6.33. The molecule has 0 saturated carbocycles. The van der Waals surface area contributed by atoms with E-state index in [4.69, 9.17) is 5.11 Å². The fourth-order valence-corrected chi connectivity index (χ4v) is 1.28. The number of aromatic carboxylic acids is 1. The van der Waals surface area contributed by atoms with E-state index in [-0.39, 0.29) is 24.9 Å². The highest BCUT2D eigenvalue weighted by Crippen LogP contribution is 2.10. The Balaban J connectivity index is 2.44. The summed E-state index contributed by atoms with van der Waals surface area (Å²) in [7, 11) is 1.59. The van der Waals surface area contributed by atoms with Crippen molar-refractivity contribution in [3.63, 3.8) is 0 Å². The SMILES string of the molecule is CN(C(=O)NCCn1cc(C(=O)O)nn1)C(C)(C)CO. The lowest BCUT2D eigenvalue weighted by Gasteiger charge is -2.33. The van der Waals surface area contributed by atoms with Crippen LogP contribution in [-0.2, 0) is 6.54 Å². The molecule has 0 unspecified atom stereocenters. The number of carbonyl (C=O) groups excluding carboxylic acids is 1. The zero-order valence-electron chi connectivity index (χ0n) is 11.7. The van der Waals surface area contributed by atoms with Crippen LogP contribution in [-0.4, -0.2) is 67.8 Å². The van der Waals surface area contributed by atoms with Gasteiger partial charge in [0.25, 0.3) is 0 Å². The lowest BCUT2D eigenvalue weighted by molar-refractivity contribution is 0.0690. The molecular weight excluding hydrogens is 266 g/mol. The summed E-state index contributed by atoms with van der Waals surface area (Å²) >= 11 is 0. The van der Waals surface area contributed by atoms with Crippen LogP contribution in [0.2, 0.25) is 0 Å². The van der Waals surface area contributed by atoms with Gasteiger partial charge in [0, 0.05) is 13.6 Å². The first-order valence-corrected chi connectivity index (χ1v) is 6.04. The number of urea groups is 1. The van der Waals surface area contributed by atoms with Gasteiger partial charge in [0.2, 0.25) is 0 Å². The molecule has 20 heavy (non-hydrogen) atoms. The monoisotopic (exact) mass is 285 g/mol. The number of hydrogen-bond acceptors (Lipinski definition) is 5. The van der Waals surface area contributed by atoms with Crippen LogP contribution in [0, 0.1) is 0 Å². The van der Waals surface area contributed by atoms with Crippen LogP contribution >= 0.6 is 0 Å². The number of carbonyl (C=O) groups is 2. The molecule has 1 aromatic heterocycles. The lowest BCUT2D eigenvalue weighted by Crippen LogP contribution is -2.52. The van der Waals surface area contributed by atoms with E-state index >= 15 is 0 Å². The van der Waals surface area contributed by atoms with Crippen molar-refractivity contribution in [2.75, 3.05) is 20.2 Å². The van der Waals surface area contributed by atoms with E-state index in [9.17, 15) is 14.7 Å². The largest absolute Gasteiger partial charge is 0.476 e. The van der Waals surface area contributed by atoms with Crippen molar-refractivity contribution in [1.29, 1.82) is 0 Å². The molecule has 0 bridgehead atoms. The van der Waals surface area contributed by atoms with Crippen LogP contribution in [0.1, 0.15) is 24.3 Å². The molecule has 0 saturated heterocycles. The smallest absolute Gasteiger partial charge is 0.358 e. The highest BCUT2D eigenvalue weighted by Gasteiger charge is 2.26. The van der Waals surface area contributed by atoms with E-state index in [0.29, 0.717) is 6.54 Å². The van der Waals surface area contributed by atoms with Gasteiger partial charge in [-0.3, -0.25) is 0 Å². The number of nitrogens with zero attached hydrogens (tertiary/aromatic N) is 4. The van der Waals surface area contributed by atoms with Crippen LogP contribution in [0.15, 0.2) is 6.20 Å². The number of aliphatic hydroxyl groups excluding tert-OH is 1. The topological polar surface area (TPSA) is 121 Å². The number of carboxylic acids is 1. The molecule has 0 radical (unpaired) electrons. The van der Waals surface area contributed by atoms with E-state index in [1.165, 1.54) is 15.8 Å². The molecule has 0 aromatic carbocycles. The van der Waals surface area contributed by atoms with Crippen molar-refractivity contribution < 1.29 is 19.8 Å². The average Bonchev–Trinajstić information content (AvgIpc) is 2.86. The number of rotatable bonds is 6. The zero-order chi connectivity index (χ0) is 15.3. The fraction of sp³-hybridized carbons (Fsp3) is 0.636. The predicted octanol–water partition coefficient (Wildman–Crippen LogP) is -0.611. The fourth-order valence-electron chi connectivity index (χ4n) is 1.28. The van der Waals surface area contributed by atoms with Gasteiger partial charge in [0.15, 0.2) is 5.69 Å². The average molecular weight is 285 g/mol. The third kappa shape index (κ3) is 3.92. The molecule has 112 valence electrons. The van der Waals surface area contributed by atoms with E-state index in [1.807, 2.05) is 0 Å². The minimum atomic E-state index is -1.15. The van der Waals surface area contributed by atoms with Crippen LogP contribution < -0.4 is 5.32 Å². The van der Waals surface area contributed by atoms with Crippen LogP contribution in [0.3, 0.4) is 0 Å². The molecule has 9 nitrogen and oxygen atoms in total. The normalized spacial score (nSPS) is 11.2. The van der Waals surface area contributed by atoms with Gasteiger partial charge in [-0.2, -0.15) is 0 Å². The molecule has 0 atom stereocenters. The van der Waals surface area contributed by atoms with E-state index in [0.717, 1.165) is 0 Å².